The van der Waals surface area contributed by atoms with Crippen LogP contribution in [0.2, 0.25) is 0 Å². The van der Waals surface area contributed by atoms with Crippen LogP contribution in [0.4, 0.5) is 34.1 Å². The maximum absolute atomic E-state index is 2.37. The molecule has 2 nitrogen and oxygen atoms in total. The lowest BCUT2D eigenvalue weighted by Gasteiger charge is -2.27. The summed E-state index contributed by atoms with van der Waals surface area (Å²) in [4.78, 5) is 4.68. The van der Waals surface area contributed by atoms with Crippen molar-refractivity contribution < 1.29 is 0 Å². The fourth-order valence-electron chi connectivity index (χ4n) is 9.29. The van der Waals surface area contributed by atoms with Crippen LogP contribution < -0.4 is 9.80 Å². The maximum Gasteiger partial charge on any atom is 0.0462 e. The molecule has 1 aliphatic carbocycles. The Labute approximate surface area is 376 Å². The number of hydrogen-bond donors (Lipinski definition) is 0. The summed E-state index contributed by atoms with van der Waals surface area (Å²) < 4.78 is 0. The highest BCUT2D eigenvalue weighted by atomic mass is 15.1. The molecule has 2 heteroatoms. The Morgan fingerprint density at radius 1 is 0.281 bits per heavy atom. The van der Waals surface area contributed by atoms with Crippen LogP contribution >= 0.6 is 0 Å². The molecular weight excluding hydrogens is 773 g/mol. The quantitative estimate of drug-likeness (QED) is 0.136. The molecule has 0 atom stereocenters. The second-order valence-electron chi connectivity index (χ2n) is 16.5. The zero-order valence-electron chi connectivity index (χ0n) is 35.6. The van der Waals surface area contributed by atoms with E-state index in [4.69, 9.17) is 0 Å². The standard InChI is InChI=1S/C62H46N2/c1-3-13-45(14-4-1)46-25-35-54(36-26-46)63(53-19-5-2-6-20-53)55-37-27-47(28-38-55)48-29-39-56(40-30-48)64(57-41-31-51(32-42-57)61-23-11-17-49-15-7-9-21-59(49)61)58-43-33-52(34-44-58)62-24-12-18-50-16-8-10-22-60(50)62/h1-7,9-15,17-44H,8,16H2. The number of anilines is 6. The van der Waals surface area contributed by atoms with E-state index < -0.39 is 0 Å². The van der Waals surface area contributed by atoms with Gasteiger partial charge in [-0.2, -0.15) is 0 Å². The lowest BCUT2D eigenvalue weighted by Crippen LogP contribution is -2.10. The van der Waals surface area contributed by atoms with Gasteiger partial charge in [-0.05, 0) is 152 Å². The fraction of sp³-hybridized carbons (Fsp3) is 0.0323. The van der Waals surface area contributed by atoms with Gasteiger partial charge in [0.15, 0.2) is 0 Å². The van der Waals surface area contributed by atoms with E-state index in [9.17, 15) is 0 Å². The molecule has 0 amide bonds. The minimum Gasteiger partial charge on any atom is -0.311 e. The van der Waals surface area contributed by atoms with E-state index in [-0.39, 0.29) is 0 Å². The number of hydrogen-bond acceptors (Lipinski definition) is 2. The molecule has 1 aliphatic rings. The number of allylic oxidation sites excluding steroid dienone is 1. The third kappa shape index (κ3) is 7.67. The van der Waals surface area contributed by atoms with Crippen LogP contribution in [0.3, 0.4) is 0 Å². The molecule has 0 unspecified atom stereocenters. The third-order valence-electron chi connectivity index (χ3n) is 12.6. The van der Waals surface area contributed by atoms with Crippen molar-refractivity contribution >= 4 is 51.0 Å². The minimum atomic E-state index is 1.09. The first-order chi connectivity index (χ1) is 31.7. The molecule has 0 aromatic heterocycles. The summed E-state index contributed by atoms with van der Waals surface area (Å²) in [6, 6.07) is 87.9. The molecule has 0 radical (unpaired) electrons. The van der Waals surface area contributed by atoms with Crippen molar-refractivity contribution in [2.24, 2.45) is 0 Å². The van der Waals surface area contributed by atoms with Crippen LogP contribution in [0.5, 0.6) is 0 Å². The van der Waals surface area contributed by atoms with Crippen molar-refractivity contribution in [3.8, 4) is 44.5 Å². The van der Waals surface area contributed by atoms with E-state index in [0.717, 1.165) is 52.5 Å². The van der Waals surface area contributed by atoms with Crippen LogP contribution in [0.1, 0.15) is 17.5 Å². The highest BCUT2D eigenvalue weighted by Gasteiger charge is 2.17. The van der Waals surface area contributed by atoms with Gasteiger partial charge in [0.05, 0.1) is 0 Å². The van der Waals surface area contributed by atoms with Gasteiger partial charge in [0.1, 0.15) is 0 Å². The van der Waals surface area contributed by atoms with Gasteiger partial charge >= 0.3 is 0 Å². The van der Waals surface area contributed by atoms with Gasteiger partial charge in [-0.15, -0.1) is 0 Å². The molecule has 0 saturated carbocycles. The third-order valence-corrected chi connectivity index (χ3v) is 12.6. The second kappa shape index (κ2) is 17.3. The van der Waals surface area contributed by atoms with Crippen LogP contribution in [-0.4, -0.2) is 0 Å². The summed E-state index contributed by atoms with van der Waals surface area (Å²) in [5, 5.41) is 2.51. The topological polar surface area (TPSA) is 6.48 Å². The molecule has 10 aromatic carbocycles. The van der Waals surface area contributed by atoms with E-state index in [0.29, 0.717) is 0 Å². The van der Waals surface area contributed by atoms with E-state index in [2.05, 4.69) is 265 Å². The number of benzene rings is 10. The number of fused-ring (bicyclic) bond motifs is 2. The van der Waals surface area contributed by atoms with Crippen molar-refractivity contribution in [3.05, 3.63) is 260 Å². The Bertz CT molecular complexity index is 3200. The Morgan fingerprint density at radius 2 is 0.672 bits per heavy atom. The molecule has 0 spiro atoms. The Hall–Kier alpha value is -8.20. The monoisotopic (exact) mass is 818 g/mol. The molecule has 64 heavy (non-hydrogen) atoms. The van der Waals surface area contributed by atoms with E-state index in [1.54, 1.807) is 0 Å². The van der Waals surface area contributed by atoms with Crippen LogP contribution in [0.25, 0.3) is 61.4 Å². The first-order valence-electron chi connectivity index (χ1n) is 22.2. The van der Waals surface area contributed by atoms with Crippen molar-refractivity contribution in [2.45, 2.75) is 12.8 Å². The predicted octanol–water partition coefficient (Wildman–Crippen LogP) is 17.4. The largest absolute Gasteiger partial charge is 0.311 e. The van der Waals surface area contributed by atoms with Gasteiger partial charge in [-0.3, -0.25) is 0 Å². The molecule has 11 rings (SSSR count). The summed E-state index contributed by atoms with van der Waals surface area (Å²) in [5.41, 5.74) is 19.1. The molecular formula is C62H46N2. The number of para-hydroxylation sites is 1. The zero-order chi connectivity index (χ0) is 42.7. The number of aryl methyl sites for hydroxylation is 1. The van der Waals surface area contributed by atoms with Crippen molar-refractivity contribution in [3.63, 3.8) is 0 Å². The molecule has 10 aromatic rings. The summed E-state index contributed by atoms with van der Waals surface area (Å²) in [6.45, 7) is 0. The fourth-order valence-corrected chi connectivity index (χ4v) is 9.29. The highest BCUT2D eigenvalue weighted by Crippen LogP contribution is 2.41. The normalized spacial score (nSPS) is 11.9. The lowest BCUT2D eigenvalue weighted by molar-refractivity contribution is 0.986. The van der Waals surface area contributed by atoms with Crippen molar-refractivity contribution in [1.82, 2.24) is 0 Å². The second-order valence-corrected chi connectivity index (χ2v) is 16.5. The van der Waals surface area contributed by atoms with Gasteiger partial charge in [0.25, 0.3) is 0 Å². The Kier molecular flexibility index (Phi) is 10.5. The minimum absolute atomic E-state index is 1.09. The molecule has 0 saturated heterocycles. The Morgan fingerprint density at radius 3 is 1.22 bits per heavy atom. The summed E-state index contributed by atoms with van der Waals surface area (Å²) in [7, 11) is 0. The smallest absolute Gasteiger partial charge is 0.0462 e. The molecule has 0 aliphatic heterocycles. The highest BCUT2D eigenvalue weighted by molar-refractivity contribution is 5.97. The van der Waals surface area contributed by atoms with Gasteiger partial charge in [0.2, 0.25) is 0 Å². The summed E-state index contributed by atoms with van der Waals surface area (Å²) in [5.74, 6) is 0. The number of nitrogens with zero attached hydrogens (tertiary/aromatic N) is 2. The van der Waals surface area contributed by atoms with Crippen LogP contribution in [0, 0.1) is 0 Å². The first-order valence-corrected chi connectivity index (χ1v) is 22.2. The van der Waals surface area contributed by atoms with Gasteiger partial charge in [-0.25, -0.2) is 0 Å². The molecule has 0 fully saturated rings. The summed E-state index contributed by atoms with van der Waals surface area (Å²) in [6.07, 6.45) is 6.79. The predicted molar refractivity (Wildman–Crippen MR) is 272 cm³/mol. The van der Waals surface area contributed by atoms with E-state index >= 15 is 0 Å². The van der Waals surface area contributed by atoms with E-state index in [1.165, 1.54) is 60.8 Å². The average Bonchev–Trinajstić information content (AvgIpc) is 3.38. The Balaban J connectivity index is 0.917. The maximum atomic E-state index is 2.37. The number of rotatable bonds is 10. The van der Waals surface area contributed by atoms with Gasteiger partial charge in [-0.1, -0.05) is 182 Å². The molecule has 304 valence electrons. The lowest BCUT2D eigenvalue weighted by atomic mass is 9.90. The van der Waals surface area contributed by atoms with E-state index in [1.807, 2.05) is 0 Å². The average molecular weight is 819 g/mol. The van der Waals surface area contributed by atoms with Gasteiger partial charge in [0, 0.05) is 34.1 Å². The zero-order valence-corrected chi connectivity index (χ0v) is 35.6. The SMILES string of the molecule is C1=Cc2c(cccc2-c2ccc(N(c3ccc(-c4ccc(N(c5ccccc5)c5ccc(-c6ccccc6)cc5)cc4)cc3)c3ccc(-c4cccc5ccccc45)cc3)cc2)CC1. The molecule has 0 heterocycles. The van der Waals surface area contributed by atoms with Crippen molar-refractivity contribution in [1.29, 1.82) is 0 Å². The van der Waals surface area contributed by atoms with Gasteiger partial charge < -0.3 is 9.80 Å². The summed E-state index contributed by atoms with van der Waals surface area (Å²) >= 11 is 0. The van der Waals surface area contributed by atoms with Crippen molar-refractivity contribution in [2.75, 3.05) is 9.80 Å². The van der Waals surface area contributed by atoms with Crippen LogP contribution in [0.15, 0.2) is 249 Å². The first kappa shape index (κ1) is 38.7. The molecule has 0 N–H and O–H groups in total. The molecule has 0 bridgehead atoms. The van der Waals surface area contributed by atoms with Crippen LogP contribution in [-0.2, 0) is 6.42 Å².